The molecule has 128 valence electrons. The molecular weight excluding hydrogens is 302 g/mol. The van der Waals surface area contributed by atoms with E-state index in [1.165, 1.54) is 11.1 Å². The van der Waals surface area contributed by atoms with Gasteiger partial charge in [0.15, 0.2) is 0 Å². The summed E-state index contributed by atoms with van der Waals surface area (Å²) >= 11 is 0. The minimum absolute atomic E-state index is 0.0254. The number of aliphatic hydroxyl groups excluding tert-OH is 1. The van der Waals surface area contributed by atoms with E-state index in [0.29, 0.717) is 12.6 Å². The number of hydrogen-bond donors (Lipinski definition) is 2. The van der Waals surface area contributed by atoms with Gasteiger partial charge in [0.2, 0.25) is 0 Å². The number of fused-ring (bicyclic) bond motifs is 1. The van der Waals surface area contributed by atoms with Gasteiger partial charge in [0.25, 0.3) is 0 Å². The third-order valence-electron chi connectivity index (χ3n) is 4.54. The number of nitrogens with one attached hydrogen (secondary N) is 1. The standard InChI is InChI=1S/C20H25NO3/c1-23-20-11-5-7-16-17(20)8-4-9-18(16)21-14-15-6-2-3-10-19(15)24-13-12-22/h2-3,5-7,10-11,18,21-22H,4,8-9,12-14H2,1H3/t18-/m1/s1. The molecule has 2 N–H and O–H groups in total. The Hall–Kier alpha value is -2.04. The van der Waals surface area contributed by atoms with E-state index in [1.54, 1.807) is 7.11 Å². The van der Waals surface area contributed by atoms with Crippen LogP contribution in [-0.4, -0.2) is 25.4 Å². The van der Waals surface area contributed by atoms with Gasteiger partial charge in [0.05, 0.1) is 13.7 Å². The molecular formula is C20H25NO3. The van der Waals surface area contributed by atoms with Crippen LogP contribution in [0.25, 0.3) is 0 Å². The molecule has 0 saturated carbocycles. The number of hydrogen-bond acceptors (Lipinski definition) is 4. The predicted octanol–water partition coefficient (Wildman–Crippen LogP) is 3.23. The highest BCUT2D eigenvalue weighted by Gasteiger charge is 2.22. The Morgan fingerprint density at radius 2 is 1.96 bits per heavy atom. The van der Waals surface area contributed by atoms with Crippen molar-refractivity contribution in [2.24, 2.45) is 0 Å². The Labute approximate surface area is 143 Å². The van der Waals surface area contributed by atoms with Crippen LogP contribution in [0.1, 0.15) is 35.6 Å². The second-order valence-electron chi connectivity index (χ2n) is 6.03. The van der Waals surface area contributed by atoms with E-state index in [1.807, 2.05) is 24.3 Å². The van der Waals surface area contributed by atoms with Crippen LogP contribution in [0.3, 0.4) is 0 Å². The molecule has 0 spiro atoms. The number of rotatable bonds is 7. The zero-order valence-electron chi connectivity index (χ0n) is 14.1. The lowest BCUT2D eigenvalue weighted by molar-refractivity contribution is 0.200. The zero-order valence-corrected chi connectivity index (χ0v) is 14.1. The topological polar surface area (TPSA) is 50.7 Å². The van der Waals surface area contributed by atoms with Crippen molar-refractivity contribution in [2.75, 3.05) is 20.3 Å². The van der Waals surface area contributed by atoms with Crippen LogP contribution >= 0.6 is 0 Å². The van der Waals surface area contributed by atoms with Gasteiger partial charge in [0, 0.05) is 18.2 Å². The maximum absolute atomic E-state index is 8.96. The first-order chi connectivity index (χ1) is 11.8. The molecule has 1 atom stereocenters. The summed E-state index contributed by atoms with van der Waals surface area (Å²) in [4.78, 5) is 0. The van der Waals surface area contributed by atoms with E-state index in [4.69, 9.17) is 14.6 Å². The fourth-order valence-corrected chi connectivity index (χ4v) is 3.40. The second kappa shape index (κ2) is 8.18. The number of para-hydroxylation sites is 1. The Balaban J connectivity index is 1.73. The van der Waals surface area contributed by atoms with Crippen molar-refractivity contribution in [3.05, 3.63) is 59.2 Å². The Morgan fingerprint density at radius 3 is 2.79 bits per heavy atom. The summed E-state index contributed by atoms with van der Waals surface area (Å²) in [5.74, 6) is 1.83. The monoisotopic (exact) mass is 327 g/mol. The van der Waals surface area contributed by atoms with Crippen molar-refractivity contribution in [3.63, 3.8) is 0 Å². The lowest BCUT2D eigenvalue weighted by Gasteiger charge is -2.28. The van der Waals surface area contributed by atoms with Gasteiger partial charge in [-0.05, 0) is 42.5 Å². The van der Waals surface area contributed by atoms with Crippen LogP contribution in [0.15, 0.2) is 42.5 Å². The van der Waals surface area contributed by atoms with Crippen molar-refractivity contribution in [3.8, 4) is 11.5 Å². The molecule has 2 aromatic carbocycles. The van der Waals surface area contributed by atoms with Gasteiger partial charge < -0.3 is 19.9 Å². The number of benzene rings is 2. The largest absolute Gasteiger partial charge is 0.496 e. The van der Waals surface area contributed by atoms with Crippen molar-refractivity contribution in [1.29, 1.82) is 0 Å². The summed E-state index contributed by atoms with van der Waals surface area (Å²) in [6, 6.07) is 14.6. The summed E-state index contributed by atoms with van der Waals surface area (Å²) < 4.78 is 11.1. The van der Waals surface area contributed by atoms with Gasteiger partial charge in [-0.15, -0.1) is 0 Å². The Kier molecular flexibility index (Phi) is 5.72. The van der Waals surface area contributed by atoms with Crippen molar-refractivity contribution in [2.45, 2.75) is 31.8 Å². The molecule has 0 amide bonds. The van der Waals surface area contributed by atoms with Gasteiger partial charge in [-0.3, -0.25) is 0 Å². The fourth-order valence-electron chi connectivity index (χ4n) is 3.40. The molecule has 4 heteroatoms. The number of methoxy groups -OCH3 is 1. The third kappa shape index (κ3) is 3.71. The van der Waals surface area contributed by atoms with Gasteiger partial charge in [-0.25, -0.2) is 0 Å². The van der Waals surface area contributed by atoms with Gasteiger partial charge >= 0.3 is 0 Å². The molecule has 0 bridgehead atoms. The molecule has 1 aliphatic rings. The highest BCUT2D eigenvalue weighted by Crippen LogP contribution is 2.35. The smallest absolute Gasteiger partial charge is 0.123 e. The van der Waals surface area contributed by atoms with Crippen LogP contribution in [0.5, 0.6) is 11.5 Å². The first-order valence-corrected chi connectivity index (χ1v) is 8.54. The van der Waals surface area contributed by atoms with E-state index >= 15 is 0 Å². The predicted molar refractivity (Wildman–Crippen MR) is 94.5 cm³/mol. The SMILES string of the molecule is COc1cccc2c1CCC[C@H]2NCc1ccccc1OCCO. The first-order valence-electron chi connectivity index (χ1n) is 8.54. The molecule has 24 heavy (non-hydrogen) atoms. The molecule has 0 radical (unpaired) electrons. The van der Waals surface area contributed by atoms with Gasteiger partial charge in [-0.2, -0.15) is 0 Å². The lowest BCUT2D eigenvalue weighted by atomic mass is 9.87. The van der Waals surface area contributed by atoms with Crippen LogP contribution in [0.2, 0.25) is 0 Å². The van der Waals surface area contributed by atoms with Crippen molar-refractivity contribution < 1.29 is 14.6 Å². The normalized spacial score (nSPS) is 16.5. The molecule has 4 nitrogen and oxygen atoms in total. The van der Waals surface area contributed by atoms with Gasteiger partial charge in [0.1, 0.15) is 18.1 Å². The molecule has 3 rings (SSSR count). The summed E-state index contributed by atoms with van der Waals surface area (Å²) in [6.07, 6.45) is 3.36. The third-order valence-corrected chi connectivity index (χ3v) is 4.54. The van der Waals surface area contributed by atoms with E-state index in [-0.39, 0.29) is 6.61 Å². The first kappa shape index (κ1) is 16.8. The molecule has 0 fully saturated rings. The molecule has 0 aliphatic heterocycles. The maximum Gasteiger partial charge on any atom is 0.123 e. The summed E-state index contributed by atoms with van der Waals surface area (Å²) in [6.45, 7) is 1.08. The molecule has 0 saturated heterocycles. The molecule has 0 heterocycles. The average molecular weight is 327 g/mol. The van der Waals surface area contributed by atoms with Crippen molar-refractivity contribution >= 4 is 0 Å². The molecule has 1 aliphatic carbocycles. The van der Waals surface area contributed by atoms with E-state index in [2.05, 4.69) is 23.5 Å². The Morgan fingerprint density at radius 1 is 1.12 bits per heavy atom. The van der Waals surface area contributed by atoms with E-state index in [0.717, 1.165) is 42.9 Å². The quantitative estimate of drug-likeness (QED) is 0.820. The van der Waals surface area contributed by atoms with Crippen LogP contribution in [-0.2, 0) is 13.0 Å². The Bertz CT molecular complexity index is 672. The summed E-state index contributed by atoms with van der Waals surface area (Å²) in [7, 11) is 1.74. The zero-order chi connectivity index (χ0) is 16.8. The van der Waals surface area contributed by atoms with E-state index < -0.39 is 0 Å². The number of ether oxygens (including phenoxy) is 2. The van der Waals surface area contributed by atoms with E-state index in [9.17, 15) is 0 Å². The fraction of sp³-hybridized carbons (Fsp3) is 0.400. The summed E-state index contributed by atoms with van der Waals surface area (Å²) in [5, 5.41) is 12.6. The lowest BCUT2D eigenvalue weighted by Crippen LogP contribution is -2.25. The van der Waals surface area contributed by atoms with Crippen LogP contribution in [0.4, 0.5) is 0 Å². The van der Waals surface area contributed by atoms with Crippen molar-refractivity contribution in [1.82, 2.24) is 5.32 Å². The second-order valence-corrected chi connectivity index (χ2v) is 6.03. The molecule has 0 aromatic heterocycles. The minimum atomic E-state index is 0.0254. The van der Waals surface area contributed by atoms with Crippen LogP contribution in [0, 0.1) is 0 Å². The maximum atomic E-state index is 8.96. The minimum Gasteiger partial charge on any atom is -0.496 e. The summed E-state index contributed by atoms with van der Waals surface area (Å²) in [5.41, 5.74) is 3.78. The average Bonchev–Trinajstić information content (AvgIpc) is 2.64. The number of aliphatic hydroxyl groups is 1. The van der Waals surface area contributed by atoms with Gasteiger partial charge in [-0.1, -0.05) is 30.3 Å². The molecule has 2 aromatic rings. The van der Waals surface area contributed by atoms with Crippen LogP contribution < -0.4 is 14.8 Å². The molecule has 0 unspecified atom stereocenters. The highest BCUT2D eigenvalue weighted by molar-refractivity contribution is 5.43. The highest BCUT2D eigenvalue weighted by atomic mass is 16.5.